The van der Waals surface area contributed by atoms with Crippen molar-refractivity contribution in [2.24, 2.45) is 47.3 Å². The van der Waals surface area contributed by atoms with Crippen molar-refractivity contribution in [2.45, 2.75) is 151 Å². The Hall–Kier alpha value is -1.04. The molecule has 5 aliphatic heterocycles. The van der Waals surface area contributed by atoms with Gasteiger partial charge >= 0.3 is 0 Å². The molecular formula is C38H61CoN9O3S. The largest absolute Gasteiger partial charge is 0.508 e. The van der Waals surface area contributed by atoms with Gasteiger partial charge in [0.25, 0.3) is 0 Å². The summed E-state index contributed by atoms with van der Waals surface area (Å²) in [5, 5.41) is 42.4. The molecule has 10 N–H and O–H groups in total. The van der Waals surface area contributed by atoms with Crippen molar-refractivity contribution in [3.63, 3.8) is 0 Å². The van der Waals surface area contributed by atoms with Crippen molar-refractivity contribution < 1.29 is 30.3 Å². The maximum absolute atomic E-state index is 14.3. The van der Waals surface area contributed by atoms with Crippen LogP contribution in [0.15, 0.2) is 24.3 Å². The van der Waals surface area contributed by atoms with E-state index in [2.05, 4.69) is 47.3 Å². The van der Waals surface area contributed by atoms with E-state index in [0.717, 1.165) is 12.8 Å². The van der Waals surface area contributed by atoms with E-state index in [1.54, 1.807) is 24.3 Å². The quantitative estimate of drug-likeness (QED) is 0.206. The van der Waals surface area contributed by atoms with Crippen LogP contribution in [0.25, 0.3) is 0 Å². The Labute approximate surface area is 320 Å². The fraction of sp³-hybridized carbons (Fsp3) is 0.842. The van der Waals surface area contributed by atoms with Crippen molar-refractivity contribution in [1.29, 1.82) is 0 Å². The Morgan fingerprint density at radius 3 is 1.17 bits per heavy atom. The van der Waals surface area contributed by atoms with E-state index in [9.17, 15) is 13.5 Å². The Balaban J connectivity index is 0.00000360. The van der Waals surface area contributed by atoms with Crippen LogP contribution >= 0.6 is 0 Å². The predicted octanol–water partition coefficient (Wildman–Crippen LogP) is 2.73. The van der Waals surface area contributed by atoms with E-state index in [-0.39, 0.29) is 77.5 Å². The number of fused-ring (bicyclic) bond motifs is 20. The number of anilines is 1. The van der Waals surface area contributed by atoms with E-state index < -0.39 is 15.3 Å². The fourth-order valence-corrected chi connectivity index (χ4v) is 15.0. The van der Waals surface area contributed by atoms with E-state index in [0.29, 0.717) is 53.8 Å². The smallest absolute Gasteiger partial charge is 0.236 e. The van der Waals surface area contributed by atoms with Crippen LogP contribution in [0.5, 0.6) is 5.75 Å². The second-order valence-electron chi connectivity index (χ2n) is 17.9. The van der Waals surface area contributed by atoms with E-state index in [1.165, 1.54) is 77.0 Å². The monoisotopic (exact) mass is 782 g/mol. The number of hydrogen-bond acceptors (Lipinski definition) is 11. The molecule has 8 bridgehead atoms. The van der Waals surface area contributed by atoms with Crippen LogP contribution in [0.2, 0.25) is 0 Å². The minimum Gasteiger partial charge on any atom is -0.508 e. The molecule has 1 radical (unpaired) electrons. The van der Waals surface area contributed by atoms with Crippen LogP contribution in [0.4, 0.5) is 5.69 Å². The van der Waals surface area contributed by atoms with Gasteiger partial charge in [-0.05, 0) is 117 Å². The second-order valence-corrected chi connectivity index (χ2v) is 19.8. The Kier molecular flexibility index (Phi) is 10.4. The average Bonchev–Trinajstić information content (AvgIpc) is 3.88. The molecule has 12 nitrogen and oxygen atoms in total. The Bertz CT molecular complexity index is 1520. The minimum atomic E-state index is -3.71. The summed E-state index contributed by atoms with van der Waals surface area (Å²) < 4.78 is 31.6. The van der Waals surface area contributed by atoms with Gasteiger partial charge in [-0.2, -0.15) is 0 Å². The molecule has 5 saturated heterocycles. The van der Waals surface area contributed by atoms with Crippen molar-refractivity contribution >= 4 is 15.7 Å². The van der Waals surface area contributed by atoms with Crippen LogP contribution in [0, 0.1) is 47.3 Å². The summed E-state index contributed by atoms with van der Waals surface area (Å²) in [7, 11) is -3.71. The first-order valence-electron chi connectivity index (χ1n) is 20.8. The molecule has 17 unspecified atom stereocenters. The van der Waals surface area contributed by atoms with E-state index in [1.807, 2.05) is 0 Å². The summed E-state index contributed by atoms with van der Waals surface area (Å²) in [6.45, 7) is 0. The standard InChI is InChI=1S/C38H61N9O3S.Co/c48-21-18-16-20(17-19-21)47-51(49,50)29-15-7-14-28-30(29)38-45-36-27-13-6-5-12-26(27)34(43-36)41-32-23-9-2-1-8-22(23)31(39-32)40-33-24-10-3-4-11-25(24)35(42-33)44-37(28)46-38;/h16-19,22-48H,1-15H2;. The Morgan fingerprint density at radius 1 is 0.462 bits per heavy atom. The topological polar surface area (TPSA) is 163 Å². The zero-order valence-electron chi connectivity index (χ0n) is 30.2. The molecular weight excluding hydrogens is 721 g/mol. The molecule has 0 amide bonds. The van der Waals surface area contributed by atoms with Crippen LogP contribution in [0.3, 0.4) is 0 Å². The molecule has 291 valence electrons. The van der Waals surface area contributed by atoms with Crippen LogP contribution in [-0.4, -0.2) is 68.1 Å². The summed E-state index contributed by atoms with van der Waals surface area (Å²) in [6.07, 6.45) is 19.0. The van der Waals surface area contributed by atoms with Gasteiger partial charge in [0.15, 0.2) is 0 Å². The number of hydrogen-bond donors (Lipinski definition) is 10. The molecule has 14 heteroatoms. The van der Waals surface area contributed by atoms with Gasteiger partial charge in [0.2, 0.25) is 10.0 Å². The average molecular weight is 783 g/mol. The molecule has 17 atom stereocenters. The minimum absolute atomic E-state index is 0. The molecule has 9 aliphatic rings. The summed E-state index contributed by atoms with van der Waals surface area (Å²) in [6, 6.07) is 6.39. The number of nitrogens with one attached hydrogen (secondary N) is 9. The zero-order chi connectivity index (χ0) is 34.3. The van der Waals surface area contributed by atoms with Crippen LogP contribution < -0.4 is 47.3 Å². The normalized spacial score (nSPS) is 48.4. The van der Waals surface area contributed by atoms with Gasteiger partial charge in [0, 0.05) is 28.4 Å². The molecule has 52 heavy (non-hydrogen) atoms. The number of phenols is 1. The van der Waals surface area contributed by atoms with Crippen LogP contribution in [0.1, 0.15) is 96.3 Å². The second kappa shape index (κ2) is 14.8. The maximum atomic E-state index is 14.3. The molecule has 9 fully saturated rings. The fourth-order valence-electron chi connectivity index (χ4n) is 13.1. The number of aromatic hydroxyl groups is 1. The zero-order valence-corrected chi connectivity index (χ0v) is 32.1. The van der Waals surface area contributed by atoms with Crippen LogP contribution in [-0.2, 0) is 26.8 Å². The van der Waals surface area contributed by atoms with E-state index in [4.69, 9.17) is 0 Å². The maximum Gasteiger partial charge on any atom is 0.236 e. The third-order valence-electron chi connectivity index (χ3n) is 15.4. The van der Waals surface area contributed by atoms with Gasteiger partial charge < -0.3 is 5.11 Å². The first-order valence-corrected chi connectivity index (χ1v) is 22.3. The number of sulfonamides is 1. The summed E-state index contributed by atoms with van der Waals surface area (Å²) in [5.41, 5.74) is 0.502. The van der Waals surface area contributed by atoms with Gasteiger partial charge in [0.05, 0.1) is 54.6 Å². The number of phenolic OH excluding ortho intramolecular Hbond substituents is 1. The first kappa shape index (κ1) is 36.6. The van der Waals surface area contributed by atoms with Crippen molar-refractivity contribution in [2.75, 3.05) is 4.72 Å². The van der Waals surface area contributed by atoms with Gasteiger partial charge in [-0.1, -0.05) is 44.9 Å². The molecule has 0 aromatic heterocycles. The van der Waals surface area contributed by atoms with Gasteiger partial charge in [-0.3, -0.25) is 47.3 Å². The summed E-state index contributed by atoms with van der Waals surface area (Å²) >= 11 is 0. The van der Waals surface area contributed by atoms with Crippen molar-refractivity contribution in [1.82, 2.24) is 42.5 Å². The molecule has 1 aromatic carbocycles. The molecule has 4 saturated carbocycles. The summed E-state index contributed by atoms with van der Waals surface area (Å²) in [5.74, 6) is 3.70. The number of benzene rings is 1. The molecule has 1 aromatic rings. The molecule has 10 rings (SSSR count). The Morgan fingerprint density at radius 2 is 0.788 bits per heavy atom. The first-order chi connectivity index (χ1) is 24.9. The van der Waals surface area contributed by atoms with Crippen molar-refractivity contribution in [3.8, 4) is 5.75 Å². The van der Waals surface area contributed by atoms with Gasteiger partial charge in [-0.15, -0.1) is 0 Å². The summed E-state index contributed by atoms with van der Waals surface area (Å²) in [4.78, 5) is 0. The van der Waals surface area contributed by atoms with Gasteiger partial charge in [0.1, 0.15) is 5.75 Å². The third-order valence-corrected chi connectivity index (χ3v) is 17.2. The SMILES string of the molecule is O=S(=O)(Nc1ccc(O)cc1)C1CCCC2C3NC4NC(NC5NC(NC6NC(NC(N3)C21)C1CCCCC61)C1CCCCC51)C1CCCCC41.[Co]. The molecule has 5 heterocycles. The van der Waals surface area contributed by atoms with Crippen molar-refractivity contribution in [3.05, 3.63) is 24.3 Å². The number of rotatable bonds is 3. The molecule has 0 spiro atoms. The predicted molar refractivity (Wildman–Crippen MR) is 197 cm³/mol. The van der Waals surface area contributed by atoms with E-state index >= 15 is 0 Å². The third kappa shape index (κ3) is 6.57. The van der Waals surface area contributed by atoms with Gasteiger partial charge in [-0.25, -0.2) is 8.42 Å². The molecule has 4 aliphatic carbocycles.